The molecule has 1 aliphatic rings. The number of hydrogen-bond donors (Lipinski definition) is 0. The van der Waals surface area contributed by atoms with Crippen LogP contribution in [0.1, 0.15) is 39.2 Å². The van der Waals surface area contributed by atoms with E-state index in [1.807, 2.05) is 52.7 Å². The second-order valence-corrected chi connectivity index (χ2v) is 12.4. The maximum Gasteiger partial charge on any atom is 0.145 e. The zero-order chi connectivity index (χ0) is 32.1. The molecule has 0 atom stereocenters. The minimum atomic E-state index is 0. The maximum absolute atomic E-state index is 6.44. The molecule has 1 aliphatic heterocycles. The van der Waals surface area contributed by atoms with Crippen molar-refractivity contribution in [3.8, 4) is 28.4 Å². The second kappa shape index (κ2) is 13.0. The van der Waals surface area contributed by atoms with Crippen LogP contribution in [0.15, 0.2) is 121 Å². The van der Waals surface area contributed by atoms with Crippen molar-refractivity contribution in [1.29, 1.82) is 0 Å². The third-order valence-electron chi connectivity index (χ3n) is 8.66. The maximum atomic E-state index is 6.44. The number of benzene rings is 5. The molecule has 0 aliphatic carbocycles. The molecular formula is C41H35N4O2Pt-. The molecular weight excluding hydrogens is 776 g/mol. The van der Waals surface area contributed by atoms with Gasteiger partial charge in [0, 0.05) is 50.0 Å². The first-order valence-electron chi connectivity index (χ1n) is 16.1. The van der Waals surface area contributed by atoms with Crippen molar-refractivity contribution >= 4 is 38.9 Å². The van der Waals surface area contributed by atoms with E-state index >= 15 is 0 Å². The molecule has 242 valence electrons. The second-order valence-electron chi connectivity index (χ2n) is 12.4. The monoisotopic (exact) mass is 810 g/mol. The van der Waals surface area contributed by atoms with Gasteiger partial charge in [-0.05, 0) is 72.2 Å². The molecule has 7 aromatic rings. The number of nitrogens with zero attached hydrogens (tertiary/aromatic N) is 4. The van der Waals surface area contributed by atoms with Gasteiger partial charge in [-0.3, -0.25) is 0 Å². The average Bonchev–Trinajstić information content (AvgIpc) is 3.65. The van der Waals surface area contributed by atoms with Gasteiger partial charge in [-0.1, -0.05) is 74.0 Å². The van der Waals surface area contributed by atoms with Gasteiger partial charge in [-0.2, -0.15) is 17.1 Å². The molecule has 5 aromatic carbocycles. The number of anilines is 3. The van der Waals surface area contributed by atoms with Crippen LogP contribution >= 0.6 is 0 Å². The summed E-state index contributed by atoms with van der Waals surface area (Å²) in [6.45, 7) is 8.73. The van der Waals surface area contributed by atoms with Crippen molar-refractivity contribution in [2.45, 2.75) is 39.7 Å². The van der Waals surface area contributed by atoms with Gasteiger partial charge in [0.1, 0.15) is 17.2 Å². The molecule has 3 heterocycles. The summed E-state index contributed by atoms with van der Waals surface area (Å²) in [5.41, 5.74) is 8.52. The molecule has 8 rings (SSSR count). The van der Waals surface area contributed by atoms with E-state index in [1.165, 1.54) is 11.1 Å². The minimum absolute atomic E-state index is 0. The molecule has 0 spiro atoms. The van der Waals surface area contributed by atoms with Crippen LogP contribution in [0.25, 0.3) is 38.8 Å². The normalized spacial score (nSPS) is 12.6. The number of hydrogen-bond acceptors (Lipinski definition) is 4. The van der Waals surface area contributed by atoms with Crippen LogP contribution in [-0.4, -0.2) is 20.5 Å². The average molecular weight is 811 g/mol. The van der Waals surface area contributed by atoms with Gasteiger partial charge in [-0.25, -0.2) is 4.98 Å². The molecule has 0 radical (unpaired) electrons. The van der Waals surface area contributed by atoms with E-state index in [0.717, 1.165) is 50.2 Å². The number of hydroxylamine groups is 1. The van der Waals surface area contributed by atoms with Crippen LogP contribution in [0.3, 0.4) is 0 Å². The number of aromatic nitrogens is 2. The molecule has 2 aromatic heterocycles. The van der Waals surface area contributed by atoms with Gasteiger partial charge < -0.3 is 9.30 Å². The van der Waals surface area contributed by atoms with Crippen molar-refractivity contribution in [3.63, 3.8) is 0 Å². The first-order chi connectivity index (χ1) is 23.0. The molecule has 0 saturated carbocycles. The van der Waals surface area contributed by atoms with E-state index in [1.54, 1.807) is 0 Å². The minimum Gasteiger partial charge on any atom is -0.509 e. The molecule has 0 bridgehead atoms. The van der Waals surface area contributed by atoms with E-state index < -0.39 is 0 Å². The summed E-state index contributed by atoms with van der Waals surface area (Å²) in [4.78, 5) is 9.75. The summed E-state index contributed by atoms with van der Waals surface area (Å²) < 4.78 is 8.62. The first-order valence-corrected chi connectivity index (χ1v) is 16.1. The molecule has 0 amide bonds. The SMILES string of the molecule is CC(C)c1ccccc1-c1ccnc(-n2c3[c-]c(Oc4[c-]c(N5[OH+]N(C(C)C)c6ccccc65)ccc4)ccc3c3ccccc32)c1.[Pt]. The number of rotatable bonds is 7. The Balaban J connectivity index is 0.00000364. The van der Waals surface area contributed by atoms with Crippen LogP contribution < -0.4 is 14.9 Å². The van der Waals surface area contributed by atoms with E-state index in [4.69, 9.17) is 14.7 Å². The van der Waals surface area contributed by atoms with E-state index in [2.05, 4.69) is 123 Å². The van der Waals surface area contributed by atoms with Crippen LogP contribution in [-0.2, 0) is 21.1 Å². The summed E-state index contributed by atoms with van der Waals surface area (Å²) in [6, 6.07) is 46.7. The molecule has 0 unspecified atom stereocenters. The van der Waals surface area contributed by atoms with E-state index in [9.17, 15) is 0 Å². The zero-order valence-electron chi connectivity index (χ0n) is 27.2. The Bertz CT molecular complexity index is 2260. The Labute approximate surface area is 295 Å². The van der Waals surface area contributed by atoms with Crippen LogP contribution in [0, 0.1) is 12.1 Å². The summed E-state index contributed by atoms with van der Waals surface area (Å²) in [5, 5.41) is 6.17. The van der Waals surface area contributed by atoms with Crippen molar-refractivity contribution in [3.05, 3.63) is 139 Å². The number of para-hydroxylation sites is 3. The summed E-state index contributed by atoms with van der Waals surface area (Å²) >= 11 is 0. The Kier molecular flexibility index (Phi) is 8.55. The molecule has 0 fully saturated rings. The zero-order valence-corrected chi connectivity index (χ0v) is 29.4. The molecule has 1 N–H and O–H groups in total. The van der Waals surface area contributed by atoms with Gasteiger partial charge >= 0.3 is 0 Å². The quantitative estimate of drug-likeness (QED) is 0.119. The van der Waals surface area contributed by atoms with Crippen molar-refractivity contribution in [1.82, 2.24) is 9.55 Å². The molecule has 0 saturated heterocycles. The topological polar surface area (TPSA) is 46.3 Å². The summed E-state index contributed by atoms with van der Waals surface area (Å²) in [5.74, 6) is 2.42. The Morgan fingerprint density at radius 3 is 2.29 bits per heavy atom. The predicted octanol–water partition coefficient (Wildman–Crippen LogP) is 10.6. The molecule has 48 heavy (non-hydrogen) atoms. The van der Waals surface area contributed by atoms with Crippen molar-refractivity contribution in [2.24, 2.45) is 0 Å². The van der Waals surface area contributed by atoms with Crippen molar-refractivity contribution in [2.75, 3.05) is 10.1 Å². The summed E-state index contributed by atoms with van der Waals surface area (Å²) in [7, 11) is 0. The third-order valence-corrected chi connectivity index (χ3v) is 8.66. The summed E-state index contributed by atoms with van der Waals surface area (Å²) in [6.07, 6.45) is 1.89. The van der Waals surface area contributed by atoms with Gasteiger partial charge in [0.2, 0.25) is 0 Å². The fraction of sp³-hybridized carbons (Fsp3) is 0.146. The third kappa shape index (κ3) is 5.55. The van der Waals surface area contributed by atoms with Crippen LogP contribution in [0.5, 0.6) is 11.5 Å². The Morgan fingerprint density at radius 1 is 0.708 bits per heavy atom. The molecule has 6 nitrogen and oxygen atoms in total. The first kappa shape index (κ1) is 31.7. The number of pyridine rings is 1. The van der Waals surface area contributed by atoms with Crippen LogP contribution in [0.2, 0.25) is 0 Å². The number of ether oxygens (including phenoxy) is 1. The largest absolute Gasteiger partial charge is 0.509 e. The fourth-order valence-electron chi connectivity index (χ4n) is 6.47. The van der Waals surface area contributed by atoms with E-state index in [0.29, 0.717) is 17.4 Å². The van der Waals surface area contributed by atoms with Crippen molar-refractivity contribution < 1.29 is 30.7 Å². The van der Waals surface area contributed by atoms with Gasteiger partial charge in [-0.15, -0.1) is 45.8 Å². The Hall–Kier alpha value is -4.90. The smallest absolute Gasteiger partial charge is 0.145 e. The Morgan fingerprint density at radius 2 is 1.46 bits per heavy atom. The standard InChI is InChI=1S/C41H34N4O2.Pt/c1-27(2)33-14-5-6-15-34(33)29-22-23-42-41(24-29)43-37-17-8-7-16-35(37)36-21-20-32(26-40(36)43)46-31-13-11-12-30(25-31)45-39-19-10-9-18-38(39)44(47-45)28(3)4;/h5-24,27-28H,1-4H3;/q-2;/p+1. The fourth-order valence-corrected chi connectivity index (χ4v) is 6.47. The predicted molar refractivity (Wildman–Crippen MR) is 190 cm³/mol. The van der Waals surface area contributed by atoms with E-state index in [-0.39, 0.29) is 27.1 Å². The molecule has 7 heteroatoms. The van der Waals surface area contributed by atoms with Crippen LogP contribution in [0.4, 0.5) is 17.1 Å². The number of fused-ring (bicyclic) bond motifs is 4. The van der Waals surface area contributed by atoms with Gasteiger partial charge in [0.05, 0.1) is 6.04 Å². The van der Waals surface area contributed by atoms with Gasteiger partial charge in [0.15, 0.2) is 0 Å². The van der Waals surface area contributed by atoms with Gasteiger partial charge in [0.25, 0.3) is 0 Å².